The summed E-state index contributed by atoms with van der Waals surface area (Å²) in [7, 11) is 0. The first kappa shape index (κ1) is 15.1. The molecule has 0 unspecified atom stereocenters. The first-order chi connectivity index (χ1) is 10.1. The summed E-state index contributed by atoms with van der Waals surface area (Å²) < 4.78 is 5.60. The van der Waals surface area contributed by atoms with Crippen molar-refractivity contribution in [1.29, 1.82) is 0 Å². The summed E-state index contributed by atoms with van der Waals surface area (Å²) in [5.41, 5.74) is 3.31. The molecule has 0 aliphatic rings. The predicted molar refractivity (Wildman–Crippen MR) is 84.4 cm³/mol. The van der Waals surface area contributed by atoms with Crippen LogP contribution in [0.1, 0.15) is 29.7 Å². The summed E-state index contributed by atoms with van der Waals surface area (Å²) in [5.74, 6) is 0.643. The van der Waals surface area contributed by atoms with Crippen LogP contribution in [-0.4, -0.2) is 12.5 Å². The number of hydrogen-bond donors (Lipinski definition) is 1. The average Bonchev–Trinajstić information content (AvgIpc) is 2.49. The van der Waals surface area contributed by atoms with Gasteiger partial charge in [-0.2, -0.15) is 0 Å². The molecule has 3 nitrogen and oxygen atoms in total. The minimum atomic E-state index is -0.118. The molecule has 0 aromatic heterocycles. The maximum atomic E-state index is 12.0. The van der Waals surface area contributed by atoms with Crippen molar-refractivity contribution >= 4 is 5.91 Å². The minimum absolute atomic E-state index is 0.0269. The second kappa shape index (κ2) is 6.93. The second-order valence-electron chi connectivity index (χ2n) is 5.19. The molecule has 1 N–H and O–H groups in total. The fourth-order valence-corrected chi connectivity index (χ4v) is 2.13. The lowest BCUT2D eigenvalue weighted by molar-refractivity contribution is -0.123. The van der Waals surface area contributed by atoms with Crippen LogP contribution in [0.4, 0.5) is 0 Å². The van der Waals surface area contributed by atoms with E-state index in [-0.39, 0.29) is 18.6 Å². The lowest BCUT2D eigenvalue weighted by Gasteiger charge is -2.15. The maximum absolute atomic E-state index is 12.0. The van der Waals surface area contributed by atoms with E-state index in [2.05, 4.69) is 5.32 Å². The van der Waals surface area contributed by atoms with Gasteiger partial charge in [-0.1, -0.05) is 42.5 Å². The van der Waals surface area contributed by atoms with Gasteiger partial charge in [-0.15, -0.1) is 0 Å². The number of nitrogens with one attached hydrogen (secondary N) is 1. The van der Waals surface area contributed by atoms with Crippen molar-refractivity contribution in [2.45, 2.75) is 26.8 Å². The fourth-order valence-electron chi connectivity index (χ4n) is 2.13. The zero-order chi connectivity index (χ0) is 15.2. The maximum Gasteiger partial charge on any atom is 0.258 e. The Morgan fingerprint density at radius 1 is 1.10 bits per heavy atom. The van der Waals surface area contributed by atoms with Crippen LogP contribution < -0.4 is 10.1 Å². The van der Waals surface area contributed by atoms with Gasteiger partial charge in [-0.05, 0) is 43.5 Å². The smallest absolute Gasteiger partial charge is 0.258 e. The van der Waals surface area contributed by atoms with Gasteiger partial charge in [-0.25, -0.2) is 0 Å². The number of aryl methyl sites for hydroxylation is 1. The van der Waals surface area contributed by atoms with E-state index in [9.17, 15) is 4.79 Å². The first-order valence-electron chi connectivity index (χ1n) is 7.11. The summed E-state index contributed by atoms with van der Waals surface area (Å²) in [5, 5.41) is 2.94. The van der Waals surface area contributed by atoms with Gasteiger partial charge in [-0.3, -0.25) is 4.79 Å². The van der Waals surface area contributed by atoms with Crippen LogP contribution in [0.15, 0.2) is 48.5 Å². The van der Waals surface area contributed by atoms with E-state index in [4.69, 9.17) is 4.74 Å². The van der Waals surface area contributed by atoms with Gasteiger partial charge in [0.1, 0.15) is 5.75 Å². The molecule has 0 fully saturated rings. The molecule has 0 heterocycles. The van der Waals surface area contributed by atoms with Crippen molar-refractivity contribution in [3.63, 3.8) is 0 Å². The molecule has 1 amide bonds. The number of ether oxygens (including phenoxy) is 1. The Kier molecular flexibility index (Phi) is 4.99. The molecule has 21 heavy (non-hydrogen) atoms. The number of carbonyl (C=O) groups excluding carboxylic acids is 1. The van der Waals surface area contributed by atoms with E-state index >= 15 is 0 Å². The zero-order valence-corrected chi connectivity index (χ0v) is 12.7. The van der Waals surface area contributed by atoms with E-state index in [0.29, 0.717) is 0 Å². The summed E-state index contributed by atoms with van der Waals surface area (Å²) in [6.45, 7) is 6.02. The topological polar surface area (TPSA) is 38.3 Å². The summed E-state index contributed by atoms with van der Waals surface area (Å²) in [4.78, 5) is 12.0. The molecule has 0 aliphatic heterocycles. The van der Waals surface area contributed by atoms with Crippen molar-refractivity contribution < 1.29 is 9.53 Å². The highest BCUT2D eigenvalue weighted by atomic mass is 16.5. The Labute approximate surface area is 126 Å². The van der Waals surface area contributed by atoms with Crippen LogP contribution in [0.2, 0.25) is 0 Å². The molecular formula is C18H21NO2. The summed E-state index contributed by atoms with van der Waals surface area (Å²) in [6, 6.07) is 15.7. The highest BCUT2D eigenvalue weighted by Crippen LogP contribution is 2.20. The van der Waals surface area contributed by atoms with Gasteiger partial charge >= 0.3 is 0 Å². The van der Waals surface area contributed by atoms with Crippen molar-refractivity contribution in [3.05, 3.63) is 65.2 Å². The van der Waals surface area contributed by atoms with Crippen LogP contribution in [0.3, 0.4) is 0 Å². The quantitative estimate of drug-likeness (QED) is 0.911. The van der Waals surface area contributed by atoms with Gasteiger partial charge in [0.2, 0.25) is 0 Å². The number of hydrogen-bond acceptors (Lipinski definition) is 2. The Morgan fingerprint density at radius 2 is 1.81 bits per heavy atom. The highest BCUT2D eigenvalue weighted by molar-refractivity contribution is 5.78. The second-order valence-corrected chi connectivity index (χ2v) is 5.19. The predicted octanol–water partition coefficient (Wildman–Crippen LogP) is 3.56. The third-order valence-electron chi connectivity index (χ3n) is 3.59. The summed E-state index contributed by atoms with van der Waals surface area (Å²) in [6.07, 6.45) is 0. The van der Waals surface area contributed by atoms with Gasteiger partial charge in [0.05, 0.1) is 6.04 Å². The molecule has 0 saturated carbocycles. The third-order valence-corrected chi connectivity index (χ3v) is 3.59. The van der Waals surface area contributed by atoms with E-state index in [0.717, 1.165) is 22.4 Å². The molecule has 0 aliphatic carbocycles. The lowest BCUT2D eigenvalue weighted by Crippen LogP contribution is -2.31. The SMILES string of the molecule is Cc1cccc(OCC(=O)N[C@H](C)c2ccccc2)c1C. The highest BCUT2D eigenvalue weighted by Gasteiger charge is 2.10. The molecule has 2 aromatic rings. The van der Waals surface area contributed by atoms with Crippen LogP contribution in [0.25, 0.3) is 0 Å². The normalized spacial score (nSPS) is 11.8. The molecule has 0 saturated heterocycles. The van der Waals surface area contributed by atoms with Gasteiger partial charge < -0.3 is 10.1 Å². The van der Waals surface area contributed by atoms with Gasteiger partial charge in [0.15, 0.2) is 6.61 Å². The zero-order valence-electron chi connectivity index (χ0n) is 12.7. The van der Waals surface area contributed by atoms with E-state index < -0.39 is 0 Å². The van der Waals surface area contributed by atoms with Gasteiger partial charge in [0.25, 0.3) is 5.91 Å². The monoisotopic (exact) mass is 283 g/mol. The Balaban J connectivity index is 1.89. The summed E-state index contributed by atoms with van der Waals surface area (Å²) >= 11 is 0. The van der Waals surface area contributed by atoms with Crippen molar-refractivity contribution in [1.82, 2.24) is 5.32 Å². The molecular weight excluding hydrogens is 262 g/mol. The molecule has 3 heteroatoms. The van der Waals surface area contributed by atoms with Gasteiger partial charge in [0, 0.05) is 0 Å². The van der Waals surface area contributed by atoms with Crippen molar-refractivity contribution in [3.8, 4) is 5.75 Å². The fraction of sp³-hybridized carbons (Fsp3) is 0.278. The first-order valence-corrected chi connectivity index (χ1v) is 7.11. The van der Waals surface area contributed by atoms with Crippen LogP contribution in [-0.2, 0) is 4.79 Å². The molecule has 2 rings (SSSR count). The Morgan fingerprint density at radius 3 is 2.52 bits per heavy atom. The van der Waals surface area contributed by atoms with Crippen LogP contribution in [0.5, 0.6) is 5.75 Å². The number of benzene rings is 2. The molecule has 2 aromatic carbocycles. The number of carbonyl (C=O) groups is 1. The lowest BCUT2D eigenvalue weighted by atomic mass is 10.1. The van der Waals surface area contributed by atoms with Crippen LogP contribution in [0, 0.1) is 13.8 Å². The molecule has 1 atom stereocenters. The molecule has 0 radical (unpaired) electrons. The Bertz CT molecular complexity index is 608. The van der Waals surface area contributed by atoms with E-state index in [1.54, 1.807) is 0 Å². The minimum Gasteiger partial charge on any atom is -0.483 e. The largest absolute Gasteiger partial charge is 0.483 e. The van der Waals surface area contributed by atoms with E-state index in [1.165, 1.54) is 0 Å². The average molecular weight is 283 g/mol. The van der Waals surface area contributed by atoms with Crippen molar-refractivity contribution in [2.24, 2.45) is 0 Å². The van der Waals surface area contributed by atoms with E-state index in [1.807, 2.05) is 69.3 Å². The molecule has 0 spiro atoms. The number of rotatable bonds is 5. The molecule has 0 bridgehead atoms. The third kappa shape index (κ3) is 4.09. The van der Waals surface area contributed by atoms with Crippen molar-refractivity contribution in [2.75, 3.05) is 6.61 Å². The molecule has 110 valence electrons. The Hall–Kier alpha value is -2.29. The standard InChI is InChI=1S/C18H21NO2/c1-13-8-7-11-17(14(13)2)21-12-18(20)19-15(3)16-9-5-4-6-10-16/h4-11,15H,12H2,1-3H3,(H,19,20)/t15-/m1/s1. The number of amides is 1. The van der Waals surface area contributed by atoms with Crippen LogP contribution >= 0.6 is 0 Å².